The van der Waals surface area contributed by atoms with E-state index in [-0.39, 0.29) is 23.8 Å². The lowest BCUT2D eigenvalue weighted by atomic mass is 9.97. The molecule has 2 aliphatic heterocycles. The zero-order chi connectivity index (χ0) is 20.2. The summed E-state index contributed by atoms with van der Waals surface area (Å²) in [5, 5.41) is 13.5. The summed E-state index contributed by atoms with van der Waals surface area (Å²) in [6, 6.07) is 9.87. The number of amides is 2. The van der Waals surface area contributed by atoms with Crippen LogP contribution in [0.25, 0.3) is 11.3 Å². The monoisotopic (exact) mass is 395 g/mol. The molecule has 7 heteroatoms. The fraction of sp³-hybridized carbons (Fsp3) is 0.500. The van der Waals surface area contributed by atoms with E-state index in [9.17, 15) is 9.59 Å². The van der Waals surface area contributed by atoms with Crippen LogP contribution in [0.5, 0.6) is 0 Å². The van der Waals surface area contributed by atoms with Crippen LogP contribution in [0.4, 0.5) is 0 Å². The molecule has 1 aromatic carbocycles. The molecule has 3 heterocycles. The van der Waals surface area contributed by atoms with Crippen molar-refractivity contribution in [2.24, 2.45) is 5.92 Å². The van der Waals surface area contributed by atoms with Crippen LogP contribution in [-0.2, 0) is 4.79 Å². The van der Waals surface area contributed by atoms with E-state index in [0.29, 0.717) is 18.8 Å². The zero-order valence-electron chi connectivity index (χ0n) is 16.9. The number of aryl methyl sites for hydroxylation is 1. The molecule has 2 unspecified atom stereocenters. The number of hydrogen-bond donors (Lipinski definition) is 3. The number of benzene rings is 1. The summed E-state index contributed by atoms with van der Waals surface area (Å²) >= 11 is 0. The smallest absolute Gasteiger partial charge is 0.271 e. The van der Waals surface area contributed by atoms with Crippen LogP contribution in [-0.4, -0.2) is 59.1 Å². The molecule has 0 spiro atoms. The summed E-state index contributed by atoms with van der Waals surface area (Å²) in [5.74, 6) is 0.351. The van der Waals surface area contributed by atoms with Gasteiger partial charge in [-0.25, -0.2) is 0 Å². The average molecular weight is 396 g/mol. The molecule has 3 N–H and O–H groups in total. The maximum Gasteiger partial charge on any atom is 0.271 e. The molecule has 1 aromatic heterocycles. The third kappa shape index (κ3) is 4.67. The molecule has 0 bridgehead atoms. The van der Waals surface area contributed by atoms with Crippen molar-refractivity contribution in [3.05, 3.63) is 41.6 Å². The lowest BCUT2D eigenvalue weighted by Gasteiger charge is -2.32. The number of hydrogen-bond acceptors (Lipinski definition) is 4. The second kappa shape index (κ2) is 8.78. The zero-order valence-corrected chi connectivity index (χ0v) is 16.9. The van der Waals surface area contributed by atoms with E-state index in [0.717, 1.165) is 50.0 Å². The lowest BCUT2D eigenvalue weighted by molar-refractivity contribution is -0.123. The van der Waals surface area contributed by atoms with E-state index >= 15 is 0 Å². The number of nitrogens with one attached hydrogen (secondary N) is 3. The van der Waals surface area contributed by atoms with Crippen molar-refractivity contribution < 1.29 is 9.59 Å². The summed E-state index contributed by atoms with van der Waals surface area (Å²) < 4.78 is 0. The molecular formula is C22H29N5O2. The van der Waals surface area contributed by atoms with Gasteiger partial charge in [0.05, 0.1) is 11.7 Å². The Bertz CT molecular complexity index is 854. The molecule has 0 aliphatic carbocycles. The van der Waals surface area contributed by atoms with Gasteiger partial charge in [-0.1, -0.05) is 29.8 Å². The van der Waals surface area contributed by atoms with E-state index in [1.807, 2.05) is 42.2 Å². The van der Waals surface area contributed by atoms with Crippen molar-refractivity contribution >= 4 is 11.8 Å². The molecule has 2 fully saturated rings. The van der Waals surface area contributed by atoms with Gasteiger partial charge in [-0.15, -0.1) is 0 Å². The van der Waals surface area contributed by atoms with Crippen LogP contribution in [0.2, 0.25) is 0 Å². The van der Waals surface area contributed by atoms with Gasteiger partial charge in [0.25, 0.3) is 5.91 Å². The van der Waals surface area contributed by atoms with Gasteiger partial charge in [-0.05, 0) is 51.1 Å². The first kappa shape index (κ1) is 19.6. The van der Waals surface area contributed by atoms with E-state index in [1.165, 1.54) is 5.56 Å². The predicted molar refractivity (Wildman–Crippen MR) is 111 cm³/mol. The Morgan fingerprint density at radius 1 is 1.21 bits per heavy atom. The first-order chi connectivity index (χ1) is 14.1. The lowest BCUT2D eigenvalue weighted by Crippen LogP contribution is -2.46. The Hall–Kier alpha value is -2.67. The molecule has 2 aromatic rings. The maximum atomic E-state index is 12.9. The predicted octanol–water partition coefficient (Wildman–Crippen LogP) is 2.11. The van der Waals surface area contributed by atoms with Crippen LogP contribution in [0.15, 0.2) is 30.3 Å². The quantitative estimate of drug-likeness (QED) is 0.723. The van der Waals surface area contributed by atoms with Gasteiger partial charge < -0.3 is 15.5 Å². The first-order valence-electron chi connectivity index (χ1n) is 10.5. The number of H-pyrrole nitrogens is 1. The molecule has 2 saturated heterocycles. The summed E-state index contributed by atoms with van der Waals surface area (Å²) in [5.41, 5.74) is 3.47. The van der Waals surface area contributed by atoms with Gasteiger partial charge in [0.2, 0.25) is 5.91 Å². The molecule has 0 radical (unpaired) electrons. The largest absolute Gasteiger partial charge is 0.354 e. The van der Waals surface area contributed by atoms with Gasteiger partial charge in [-0.3, -0.25) is 14.7 Å². The van der Waals surface area contributed by atoms with Crippen molar-refractivity contribution in [3.8, 4) is 11.3 Å². The molecule has 4 rings (SSSR count). The first-order valence-corrected chi connectivity index (χ1v) is 10.5. The van der Waals surface area contributed by atoms with Crippen molar-refractivity contribution in [3.63, 3.8) is 0 Å². The van der Waals surface area contributed by atoms with Gasteiger partial charge in [-0.2, -0.15) is 5.10 Å². The fourth-order valence-corrected chi connectivity index (χ4v) is 4.17. The van der Waals surface area contributed by atoms with Gasteiger partial charge in [0.1, 0.15) is 5.69 Å². The van der Waals surface area contributed by atoms with Crippen molar-refractivity contribution in [1.82, 2.24) is 25.7 Å². The van der Waals surface area contributed by atoms with Gasteiger partial charge >= 0.3 is 0 Å². The molecule has 2 amide bonds. The molecular weight excluding hydrogens is 366 g/mol. The fourth-order valence-electron chi connectivity index (χ4n) is 4.17. The number of carbonyl (C=O) groups excluding carboxylic acids is 2. The standard InChI is InChI=1S/C22H29N5O2/c1-15-6-8-17(9-7-15)19-12-20(26-25-19)22(29)27-11-3-4-16(14-27)13-24-21(28)18-5-2-10-23-18/h6-9,12,16,18,23H,2-5,10-11,13-14H2,1H3,(H,24,28)(H,25,26). The SMILES string of the molecule is Cc1ccc(-c2cc(C(=O)N3CCCC(CNC(=O)C4CCCN4)C3)[nH]n2)cc1. The minimum Gasteiger partial charge on any atom is -0.354 e. The number of aromatic nitrogens is 2. The molecule has 154 valence electrons. The van der Waals surface area contributed by atoms with Crippen molar-refractivity contribution in [1.29, 1.82) is 0 Å². The van der Waals surface area contributed by atoms with Crippen LogP contribution in [0, 0.1) is 12.8 Å². The Kier molecular flexibility index (Phi) is 5.94. The van der Waals surface area contributed by atoms with Crippen LogP contribution < -0.4 is 10.6 Å². The summed E-state index contributed by atoms with van der Waals surface area (Å²) in [7, 11) is 0. The number of rotatable bonds is 5. The number of nitrogens with zero attached hydrogens (tertiary/aromatic N) is 2. The number of likely N-dealkylation sites (tertiary alicyclic amines) is 1. The Labute approximate surface area is 171 Å². The minimum absolute atomic E-state index is 0.0238. The van der Waals surface area contributed by atoms with Crippen molar-refractivity contribution in [2.45, 2.75) is 38.6 Å². The summed E-state index contributed by atoms with van der Waals surface area (Å²) in [6.07, 6.45) is 3.94. The molecule has 2 aliphatic rings. The molecule has 7 nitrogen and oxygen atoms in total. The van der Waals surface area contributed by atoms with E-state index in [4.69, 9.17) is 0 Å². The molecule has 29 heavy (non-hydrogen) atoms. The minimum atomic E-state index is -0.0542. The van der Waals surface area contributed by atoms with Crippen LogP contribution in [0.1, 0.15) is 41.7 Å². The third-order valence-corrected chi connectivity index (χ3v) is 5.90. The van der Waals surface area contributed by atoms with Crippen LogP contribution in [0.3, 0.4) is 0 Å². The summed E-state index contributed by atoms with van der Waals surface area (Å²) in [4.78, 5) is 27.0. The second-order valence-electron chi connectivity index (χ2n) is 8.19. The van der Waals surface area contributed by atoms with Gasteiger partial charge in [0.15, 0.2) is 0 Å². The Balaban J connectivity index is 1.33. The van der Waals surface area contributed by atoms with E-state index < -0.39 is 0 Å². The topological polar surface area (TPSA) is 90.1 Å². The van der Waals surface area contributed by atoms with Crippen molar-refractivity contribution in [2.75, 3.05) is 26.2 Å². The normalized spacial score (nSPS) is 21.9. The Morgan fingerprint density at radius 2 is 2.03 bits per heavy atom. The van der Waals surface area contributed by atoms with Crippen LogP contribution >= 0.6 is 0 Å². The number of aromatic amines is 1. The molecule has 0 saturated carbocycles. The molecule has 2 atom stereocenters. The highest BCUT2D eigenvalue weighted by Gasteiger charge is 2.27. The average Bonchev–Trinajstić information content (AvgIpc) is 3.45. The van der Waals surface area contributed by atoms with E-state index in [2.05, 4.69) is 20.8 Å². The summed E-state index contributed by atoms with van der Waals surface area (Å²) in [6.45, 7) is 4.99. The number of carbonyl (C=O) groups is 2. The maximum absolute atomic E-state index is 12.9. The third-order valence-electron chi connectivity index (χ3n) is 5.90. The highest BCUT2D eigenvalue weighted by Crippen LogP contribution is 2.21. The highest BCUT2D eigenvalue weighted by atomic mass is 16.2. The Morgan fingerprint density at radius 3 is 2.79 bits per heavy atom. The highest BCUT2D eigenvalue weighted by molar-refractivity contribution is 5.93. The number of piperidine rings is 1. The van der Waals surface area contributed by atoms with Gasteiger partial charge in [0, 0.05) is 25.2 Å². The van der Waals surface area contributed by atoms with E-state index in [1.54, 1.807) is 0 Å². The second-order valence-corrected chi connectivity index (χ2v) is 8.19.